The van der Waals surface area contributed by atoms with E-state index in [0.29, 0.717) is 6.42 Å². The summed E-state index contributed by atoms with van der Waals surface area (Å²) in [6.45, 7) is 8.09. The Morgan fingerprint density at radius 1 is 1.24 bits per heavy atom. The molecule has 0 aliphatic heterocycles. The van der Waals surface area contributed by atoms with Crippen LogP contribution in [0.2, 0.25) is 0 Å². The highest BCUT2D eigenvalue weighted by atomic mass is 16.5. The van der Waals surface area contributed by atoms with E-state index in [-0.39, 0.29) is 11.4 Å². The fraction of sp³-hybridized carbons (Fsp3) is 0.533. The van der Waals surface area contributed by atoms with E-state index in [0.717, 1.165) is 12.0 Å². The number of ether oxygens (including phenoxy) is 1. The van der Waals surface area contributed by atoms with E-state index in [4.69, 9.17) is 4.74 Å². The second kappa shape index (κ2) is 5.46. The van der Waals surface area contributed by atoms with Crippen LogP contribution in [0.4, 0.5) is 0 Å². The van der Waals surface area contributed by atoms with Crippen molar-refractivity contribution in [3.63, 3.8) is 0 Å². The second-order valence-electron chi connectivity index (χ2n) is 5.19. The maximum absolute atomic E-state index is 12.0. The van der Waals surface area contributed by atoms with Crippen molar-refractivity contribution in [2.75, 3.05) is 7.11 Å². The second-order valence-corrected chi connectivity index (χ2v) is 5.19. The van der Waals surface area contributed by atoms with E-state index in [2.05, 4.69) is 6.92 Å². The van der Waals surface area contributed by atoms with Crippen LogP contribution in [-0.2, 0) is 4.74 Å². The first-order chi connectivity index (χ1) is 7.85. The Bertz CT molecular complexity index is 405. The van der Waals surface area contributed by atoms with Crippen molar-refractivity contribution in [3.05, 3.63) is 34.9 Å². The predicted octanol–water partition coefficient (Wildman–Crippen LogP) is 3.69. The fourth-order valence-corrected chi connectivity index (χ4v) is 1.58. The molecule has 0 spiro atoms. The molecule has 0 heterocycles. The first kappa shape index (κ1) is 13.9. The van der Waals surface area contributed by atoms with Gasteiger partial charge in [0.1, 0.15) is 0 Å². The summed E-state index contributed by atoms with van der Waals surface area (Å²) in [5, 5.41) is 0. The lowest BCUT2D eigenvalue weighted by molar-refractivity contribution is 0.0141. The van der Waals surface area contributed by atoms with Crippen molar-refractivity contribution < 1.29 is 9.53 Å². The van der Waals surface area contributed by atoms with Crippen LogP contribution >= 0.6 is 0 Å². The zero-order valence-electron chi connectivity index (χ0n) is 11.5. The minimum absolute atomic E-state index is 0.193. The number of benzene rings is 1. The van der Waals surface area contributed by atoms with Crippen molar-refractivity contribution in [1.29, 1.82) is 0 Å². The first-order valence-electron chi connectivity index (χ1n) is 6.01. The molecular formula is C15H22O2. The van der Waals surface area contributed by atoms with Crippen molar-refractivity contribution in [2.45, 2.75) is 46.1 Å². The van der Waals surface area contributed by atoms with Gasteiger partial charge in [-0.05, 0) is 51.3 Å². The van der Waals surface area contributed by atoms with Gasteiger partial charge in [-0.1, -0.05) is 12.1 Å². The number of ketones is 1. The summed E-state index contributed by atoms with van der Waals surface area (Å²) in [4.78, 5) is 12.0. The van der Waals surface area contributed by atoms with E-state index in [1.165, 1.54) is 11.1 Å². The number of carbonyl (C=O) groups excluding carboxylic acids is 1. The molecule has 0 aliphatic rings. The highest BCUT2D eigenvalue weighted by molar-refractivity contribution is 5.96. The molecule has 0 bridgehead atoms. The van der Waals surface area contributed by atoms with Crippen LogP contribution in [0.15, 0.2) is 18.2 Å². The van der Waals surface area contributed by atoms with Gasteiger partial charge in [-0.15, -0.1) is 0 Å². The van der Waals surface area contributed by atoms with Gasteiger partial charge in [-0.3, -0.25) is 4.79 Å². The third-order valence-electron chi connectivity index (χ3n) is 3.34. The molecule has 0 saturated heterocycles. The molecule has 17 heavy (non-hydrogen) atoms. The average molecular weight is 234 g/mol. The SMILES string of the molecule is COC(C)(C)CCC(=O)c1ccc(C)c(C)c1. The van der Waals surface area contributed by atoms with Gasteiger partial charge >= 0.3 is 0 Å². The number of carbonyl (C=O) groups is 1. The molecule has 0 aromatic heterocycles. The van der Waals surface area contributed by atoms with Crippen molar-refractivity contribution in [2.24, 2.45) is 0 Å². The number of Topliss-reactive ketones (excluding diaryl/α,β-unsaturated/α-hetero) is 1. The molecule has 0 radical (unpaired) electrons. The standard InChI is InChI=1S/C15H22O2/c1-11-6-7-13(10-12(11)2)14(16)8-9-15(3,4)17-5/h6-7,10H,8-9H2,1-5H3. The summed E-state index contributed by atoms with van der Waals surface area (Å²) in [6, 6.07) is 5.88. The molecule has 0 aliphatic carbocycles. The highest BCUT2D eigenvalue weighted by Gasteiger charge is 2.18. The minimum Gasteiger partial charge on any atom is -0.379 e. The van der Waals surface area contributed by atoms with Gasteiger partial charge in [0.05, 0.1) is 5.60 Å². The molecule has 1 aromatic carbocycles. The summed E-state index contributed by atoms with van der Waals surface area (Å²) in [5.74, 6) is 0.193. The molecule has 0 amide bonds. The van der Waals surface area contributed by atoms with Gasteiger partial charge in [0.25, 0.3) is 0 Å². The molecule has 0 atom stereocenters. The molecule has 2 nitrogen and oxygen atoms in total. The van der Waals surface area contributed by atoms with Crippen LogP contribution in [0.1, 0.15) is 48.2 Å². The summed E-state index contributed by atoms with van der Waals surface area (Å²) in [6.07, 6.45) is 1.28. The maximum atomic E-state index is 12.0. The quantitative estimate of drug-likeness (QED) is 0.726. The molecule has 1 aromatic rings. The number of rotatable bonds is 5. The number of hydrogen-bond donors (Lipinski definition) is 0. The molecule has 0 N–H and O–H groups in total. The zero-order valence-corrected chi connectivity index (χ0v) is 11.5. The molecule has 0 saturated carbocycles. The molecule has 1 rings (SSSR count). The van der Waals surface area contributed by atoms with Crippen LogP contribution in [0.3, 0.4) is 0 Å². The van der Waals surface area contributed by atoms with Gasteiger partial charge in [-0.2, -0.15) is 0 Å². The predicted molar refractivity (Wildman–Crippen MR) is 70.6 cm³/mol. The van der Waals surface area contributed by atoms with Crippen molar-refractivity contribution in [3.8, 4) is 0 Å². The van der Waals surface area contributed by atoms with Crippen LogP contribution in [-0.4, -0.2) is 18.5 Å². The van der Waals surface area contributed by atoms with E-state index in [1.807, 2.05) is 39.0 Å². The summed E-state index contributed by atoms with van der Waals surface area (Å²) < 4.78 is 5.31. The molecule has 2 heteroatoms. The lowest BCUT2D eigenvalue weighted by Gasteiger charge is -2.22. The number of hydrogen-bond acceptors (Lipinski definition) is 2. The van der Waals surface area contributed by atoms with Gasteiger partial charge in [0.2, 0.25) is 0 Å². The maximum Gasteiger partial charge on any atom is 0.162 e. The Kier molecular flexibility index (Phi) is 4.47. The molecule has 0 unspecified atom stereocenters. The number of methoxy groups -OCH3 is 1. The average Bonchev–Trinajstić information content (AvgIpc) is 2.30. The van der Waals surface area contributed by atoms with Crippen molar-refractivity contribution in [1.82, 2.24) is 0 Å². The normalized spacial score (nSPS) is 11.6. The minimum atomic E-state index is -0.227. The molecular weight excluding hydrogens is 212 g/mol. The fourth-order valence-electron chi connectivity index (χ4n) is 1.58. The lowest BCUT2D eigenvalue weighted by atomic mass is 9.96. The van der Waals surface area contributed by atoms with Crippen molar-refractivity contribution >= 4 is 5.78 Å². The van der Waals surface area contributed by atoms with E-state index in [9.17, 15) is 4.79 Å². The van der Waals surface area contributed by atoms with E-state index in [1.54, 1.807) is 7.11 Å². The van der Waals surface area contributed by atoms with Crippen LogP contribution in [0.25, 0.3) is 0 Å². The lowest BCUT2D eigenvalue weighted by Crippen LogP contribution is -2.23. The largest absolute Gasteiger partial charge is 0.379 e. The van der Waals surface area contributed by atoms with Gasteiger partial charge < -0.3 is 4.74 Å². The Morgan fingerprint density at radius 2 is 1.88 bits per heavy atom. The smallest absolute Gasteiger partial charge is 0.162 e. The van der Waals surface area contributed by atoms with Gasteiger partial charge in [0, 0.05) is 19.1 Å². The highest BCUT2D eigenvalue weighted by Crippen LogP contribution is 2.18. The van der Waals surface area contributed by atoms with Crippen LogP contribution < -0.4 is 0 Å². The first-order valence-corrected chi connectivity index (χ1v) is 6.01. The third-order valence-corrected chi connectivity index (χ3v) is 3.34. The topological polar surface area (TPSA) is 26.3 Å². The third kappa shape index (κ3) is 3.97. The zero-order chi connectivity index (χ0) is 13.1. The van der Waals surface area contributed by atoms with Gasteiger partial charge in [-0.25, -0.2) is 0 Å². The monoisotopic (exact) mass is 234 g/mol. The Balaban J connectivity index is 2.68. The Morgan fingerprint density at radius 3 is 2.41 bits per heavy atom. The van der Waals surface area contributed by atoms with E-state index < -0.39 is 0 Å². The summed E-state index contributed by atoms with van der Waals surface area (Å²) >= 11 is 0. The summed E-state index contributed by atoms with van der Waals surface area (Å²) in [7, 11) is 1.68. The Labute approximate surface area is 104 Å². The van der Waals surface area contributed by atoms with Gasteiger partial charge in [0.15, 0.2) is 5.78 Å². The van der Waals surface area contributed by atoms with Crippen LogP contribution in [0.5, 0.6) is 0 Å². The molecule has 0 fully saturated rings. The summed E-state index contributed by atoms with van der Waals surface area (Å²) in [5.41, 5.74) is 2.97. The van der Waals surface area contributed by atoms with E-state index >= 15 is 0 Å². The van der Waals surface area contributed by atoms with Crippen LogP contribution in [0, 0.1) is 13.8 Å². The molecule has 94 valence electrons. The Hall–Kier alpha value is -1.15. The number of aryl methyl sites for hydroxylation is 2.